The lowest BCUT2D eigenvalue weighted by molar-refractivity contribution is 0.0735. The van der Waals surface area contributed by atoms with Gasteiger partial charge < -0.3 is 10.1 Å². The number of fused-ring (bicyclic) bond motifs is 1. The predicted octanol–water partition coefficient (Wildman–Crippen LogP) is 6.69. The lowest BCUT2D eigenvalue weighted by Crippen LogP contribution is -2.23. The number of nitrogens with one attached hydrogen (secondary N) is 2. The van der Waals surface area contributed by atoms with Gasteiger partial charge in [-0.2, -0.15) is 5.10 Å². The highest BCUT2D eigenvalue weighted by Gasteiger charge is 2.15. The summed E-state index contributed by atoms with van der Waals surface area (Å²) in [5.74, 6) is -0.213. The van der Waals surface area contributed by atoms with Crippen molar-refractivity contribution in [3.8, 4) is 5.75 Å². The number of carbonyl (C=O) groups is 1. The van der Waals surface area contributed by atoms with Crippen LogP contribution in [-0.2, 0) is 0 Å². The molecule has 33 heavy (non-hydrogen) atoms. The molecular weight excluding hydrogens is 477 g/mol. The van der Waals surface area contributed by atoms with Crippen molar-refractivity contribution in [3.63, 3.8) is 0 Å². The lowest BCUT2D eigenvalue weighted by Gasteiger charge is -2.11. The van der Waals surface area contributed by atoms with Crippen molar-refractivity contribution in [1.82, 2.24) is 5.43 Å². The normalized spacial score (nSPS) is 10.8. The summed E-state index contributed by atoms with van der Waals surface area (Å²) in [5, 5.41) is 10.3. The number of thiocarbonyl (C=S) groups is 1. The van der Waals surface area contributed by atoms with E-state index in [1.807, 2.05) is 42.5 Å². The average molecular weight is 494 g/mol. The Morgan fingerprint density at radius 2 is 1.73 bits per heavy atom. The Balaban J connectivity index is 1.58. The smallest absolute Gasteiger partial charge is 0.345 e. The number of nitrogens with zero attached hydrogens (tertiary/aromatic N) is 1. The van der Waals surface area contributed by atoms with E-state index < -0.39 is 5.97 Å². The number of hydrogen-bond acceptors (Lipinski definition) is 4. The third-order valence-electron chi connectivity index (χ3n) is 4.67. The first kappa shape index (κ1) is 22.7. The van der Waals surface area contributed by atoms with Gasteiger partial charge in [-0.05, 0) is 59.4 Å². The summed E-state index contributed by atoms with van der Waals surface area (Å²) in [6.07, 6.45) is 1.56. The molecule has 0 amide bonds. The maximum absolute atomic E-state index is 12.7. The van der Waals surface area contributed by atoms with Crippen LogP contribution in [0.5, 0.6) is 5.75 Å². The second kappa shape index (κ2) is 10.4. The van der Waals surface area contributed by atoms with Crippen LogP contribution in [0, 0.1) is 0 Å². The van der Waals surface area contributed by atoms with Gasteiger partial charge in [0.2, 0.25) is 0 Å². The molecule has 0 aromatic heterocycles. The minimum Gasteiger partial charge on any atom is -0.422 e. The van der Waals surface area contributed by atoms with E-state index in [4.69, 9.17) is 40.2 Å². The summed E-state index contributed by atoms with van der Waals surface area (Å²) in [5.41, 5.74) is 4.40. The molecule has 0 aliphatic heterocycles. The fourth-order valence-corrected chi connectivity index (χ4v) is 3.73. The number of hydrogen-bond donors (Lipinski definition) is 2. The molecule has 0 unspecified atom stereocenters. The Morgan fingerprint density at radius 1 is 0.939 bits per heavy atom. The molecule has 2 N–H and O–H groups in total. The van der Waals surface area contributed by atoms with Crippen molar-refractivity contribution in [2.24, 2.45) is 5.10 Å². The minimum atomic E-state index is -0.559. The summed E-state index contributed by atoms with van der Waals surface area (Å²) >= 11 is 17.4. The van der Waals surface area contributed by atoms with Crippen LogP contribution in [0.3, 0.4) is 0 Å². The number of halogens is 2. The van der Waals surface area contributed by atoms with Crippen LogP contribution in [0.2, 0.25) is 10.0 Å². The SMILES string of the molecule is O=C(Oc1ccc2ccccc2c1/C=N/NC(=S)Nc1cccc(Cl)c1)c1ccccc1Cl. The Hall–Kier alpha value is -3.45. The Bertz CT molecular complexity index is 1370. The highest BCUT2D eigenvalue weighted by atomic mass is 35.5. The minimum absolute atomic E-state index is 0.278. The molecule has 164 valence electrons. The molecule has 0 aliphatic rings. The average Bonchev–Trinajstić information content (AvgIpc) is 2.80. The molecule has 0 atom stereocenters. The third-order valence-corrected chi connectivity index (χ3v) is 5.43. The van der Waals surface area contributed by atoms with Gasteiger partial charge in [0.25, 0.3) is 0 Å². The Morgan fingerprint density at radius 3 is 2.55 bits per heavy atom. The van der Waals surface area contributed by atoms with Gasteiger partial charge in [0.15, 0.2) is 5.11 Å². The topological polar surface area (TPSA) is 62.7 Å². The van der Waals surface area contributed by atoms with Gasteiger partial charge in [-0.3, -0.25) is 5.43 Å². The molecule has 0 saturated heterocycles. The Labute approximate surface area is 206 Å². The Kier molecular flexibility index (Phi) is 7.19. The van der Waals surface area contributed by atoms with E-state index in [1.165, 1.54) is 0 Å². The molecule has 8 heteroatoms. The van der Waals surface area contributed by atoms with Crippen LogP contribution in [-0.4, -0.2) is 17.3 Å². The predicted molar refractivity (Wildman–Crippen MR) is 139 cm³/mol. The van der Waals surface area contributed by atoms with Crippen molar-refractivity contribution >= 4 is 69.2 Å². The van der Waals surface area contributed by atoms with E-state index >= 15 is 0 Å². The quantitative estimate of drug-likeness (QED) is 0.106. The van der Waals surface area contributed by atoms with Crippen molar-refractivity contribution in [2.45, 2.75) is 0 Å². The first-order chi connectivity index (χ1) is 16.0. The number of carbonyl (C=O) groups excluding carboxylic acids is 1. The van der Waals surface area contributed by atoms with Gasteiger partial charge in [0.1, 0.15) is 5.75 Å². The van der Waals surface area contributed by atoms with Crippen LogP contribution in [0.1, 0.15) is 15.9 Å². The molecule has 4 rings (SSSR count). The lowest BCUT2D eigenvalue weighted by atomic mass is 10.0. The summed E-state index contributed by atoms with van der Waals surface area (Å²) in [6.45, 7) is 0. The monoisotopic (exact) mass is 493 g/mol. The van der Waals surface area contributed by atoms with Gasteiger partial charge in [-0.1, -0.05) is 71.7 Å². The van der Waals surface area contributed by atoms with Crippen LogP contribution < -0.4 is 15.5 Å². The standard InChI is InChI=1S/C25H17Cl2N3O2S/c26-17-7-5-8-18(14-17)29-25(33)30-28-15-21-19-9-2-1-6-16(19)12-13-23(21)32-24(31)20-10-3-4-11-22(20)27/h1-15H,(H2,29,30,33)/b28-15+. The summed E-state index contributed by atoms with van der Waals surface area (Å²) in [6, 6.07) is 25.2. The maximum atomic E-state index is 12.7. The highest BCUT2D eigenvalue weighted by Crippen LogP contribution is 2.28. The molecular formula is C25H17Cl2N3O2S. The molecule has 0 saturated carbocycles. The number of hydrazone groups is 1. The van der Waals surface area contributed by atoms with E-state index in [0.717, 1.165) is 16.5 Å². The molecule has 0 spiro atoms. The second-order valence-corrected chi connectivity index (χ2v) is 8.15. The largest absolute Gasteiger partial charge is 0.422 e. The van der Waals surface area contributed by atoms with Crippen molar-refractivity contribution in [3.05, 3.63) is 106 Å². The van der Waals surface area contributed by atoms with Crippen molar-refractivity contribution in [2.75, 3.05) is 5.32 Å². The van der Waals surface area contributed by atoms with E-state index in [1.54, 1.807) is 48.7 Å². The van der Waals surface area contributed by atoms with Gasteiger partial charge in [0.05, 0.1) is 16.8 Å². The molecule has 0 bridgehead atoms. The van der Waals surface area contributed by atoms with Crippen LogP contribution in [0.4, 0.5) is 5.69 Å². The highest BCUT2D eigenvalue weighted by molar-refractivity contribution is 7.80. The van der Waals surface area contributed by atoms with Crippen molar-refractivity contribution < 1.29 is 9.53 Å². The second-order valence-electron chi connectivity index (χ2n) is 6.90. The molecule has 4 aromatic rings. The maximum Gasteiger partial charge on any atom is 0.345 e. The number of esters is 1. The van der Waals surface area contributed by atoms with Crippen LogP contribution in [0.25, 0.3) is 10.8 Å². The number of ether oxygens (including phenoxy) is 1. The number of anilines is 1. The van der Waals surface area contributed by atoms with Gasteiger partial charge in [0, 0.05) is 16.3 Å². The summed E-state index contributed by atoms with van der Waals surface area (Å²) < 4.78 is 5.68. The first-order valence-electron chi connectivity index (χ1n) is 9.85. The zero-order valence-corrected chi connectivity index (χ0v) is 19.4. The molecule has 5 nitrogen and oxygen atoms in total. The molecule has 0 fully saturated rings. The van der Waals surface area contributed by atoms with Crippen LogP contribution >= 0.6 is 35.4 Å². The molecule has 0 aliphatic carbocycles. The molecule has 0 radical (unpaired) electrons. The zero-order valence-electron chi connectivity index (χ0n) is 17.1. The fraction of sp³-hybridized carbons (Fsp3) is 0. The van der Waals surface area contributed by atoms with Crippen LogP contribution in [0.15, 0.2) is 90.0 Å². The first-order valence-corrected chi connectivity index (χ1v) is 11.0. The molecule has 4 aromatic carbocycles. The van der Waals surface area contributed by atoms with Gasteiger partial charge in [-0.25, -0.2) is 4.79 Å². The molecule has 0 heterocycles. The van der Waals surface area contributed by atoms with Crippen molar-refractivity contribution in [1.29, 1.82) is 0 Å². The fourth-order valence-electron chi connectivity index (χ4n) is 3.16. The van der Waals surface area contributed by atoms with E-state index in [9.17, 15) is 4.79 Å². The van der Waals surface area contributed by atoms with E-state index in [2.05, 4.69) is 15.8 Å². The summed E-state index contributed by atoms with van der Waals surface area (Å²) in [4.78, 5) is 12.7. The number of rotatable bonds is 5. The van der Waals surface area contributed by atoms with E-state index in [-0.39, 0.29) is 10.7 Å². The van der Waals surface area contributed by atoms with E-state index in [0.29, 0.717) is 21.4 Å². The third kappa shape index (κ3) is 5.68. The van der Waals surface area contributed by atoms with Gasteiger partial charge in [-0.15, -0.1) is 0 Å². The number of benzene rings is 4. The zero-order chi connectivity index (χ0) is 23.2. The summed E-state index contributed by atoms with van der Waals surface area (Å²) in [7, 11) is 0. The van der Waals surface area contributed by atoms with Gasteiger partial charge >= 0.3 is 5.97 Å².